The minimum Gasteiger partial charge on any atom is -0.388 e. The number of hydrogen-bond acceptors (Lipinski definition) is 4. The Bertz CT molecular complexity index is 289. The van der Waals surface area contributed by atoms with Gasteiger partial charge in [0.2, 0.25) is 0 Å². The molecule has 22 heavy (non-hydrogen) atoms. The SMILES string of the molecule is C=C(C(=O)OOCCCCCCCCCCCC)C(O)CC. The zero-order valence-electron chi connectivity index (χ0n) is 14.4. The Kier molecular flexibility index (Phi) is 14.4. The normalized spacial score (nSPS) is 12.1. The number of rotatable bonds is 15. The molecule has 0 spiro atoms. The lowest BCUT2D eigenvalue weighted by atomic mass is 10.1. The summed E-state index contributed by atoms with van der Waals surface area (Å²) in [5, 5.41) is 9.43. The maximum Gasteiger partial charge on any atom is 0.371 e. The lowest BCUT2D eigenvalue weighted by Crippen LogP contribution is -2.18. The molecule has 0 rings (SSSR count). The molecule has 130 valence electrons. The number of unbranched alkanes of at least 4 members (excludes halogenated alkanes) is 9. The molecule has 0 saturated carbocycles. The summed E-state index contributed by atoms with van der Waals surface area (Å²) in [6, 6.07) is 0. The van der Waals surface area contributed by atoms with E-state index in [-0.39, 0.29) is 5.57 Å². The van der Waals surface area contributed by atoms with Gasteiger partial charge in [0.1, 0.15) is 0 Å². The predicted molar refractivity (Wildman–Crippen MR) is 89.3 cm³/mol. The van der Waals surface area contributed by atoms with Crippen molar-refractivity contribution in [3.63, 3.8) is 0 Å². The van der Waals surface area contributed by atoms with Crippen molar-refractivity contribution >= 4 is 5.97 Å². The van der Waals surface area contributed by atoms with E-state index in [1.807, 2.05) is 0 Å². The van der Waals surface area contributed by atoms with Crippen molar-refractivity contribution in [2.75, 3.05) is 6.61 Å². The second-order valence-corrected chi connectivity index (χ2v) is 5.82. The first-order chi connectivity index (χ1) is 10.6. The summed E-state index contributed by atoms with van der Waals surface area (Å²) in [7, 11) is 0. The lowest BCUT2D eigenvalue weighted by Gasteiger charge is -2.09. The molecule has 0 amide bonds. The number of carbonyl (C=O) groups is 1. The third-order valence-electron chi connectivity index (χ3n) is 3.77. The van der Waals surface area contributed by atoms with Crippen LogP contribution in [0.3, 0.4) is 0 Å². The molecule has 0 bridgehead atoms. The van der Waals surface area contributed by atoms with E-state index in [9.17, 15) is 9.90 Å². The second kappa shape index (κ2) is 15.0. The van der Waals surface area contributed by atoms with Crippen molar-refractivity contribution in [2.24, 2.45) is 0 Å². The molecule has 0 saturated heterocycles. The standard InChI is InChI=1S/C18H34O4/c1-4-6-7-8-9-10-11-12-13-14-15-21-22-18(20)16(3)17(19)5-2/h17,19H,3-15H2,1-2H3. The van der Waals surface area contributed by atoms with Gasteiger partial charge in [-0.1, -0.05) is 78.2 Å². The van der Waals surface area contributed by atoms with Gasteiger partial charge in [0.05, 0.1) is 18.3 Å². The number of carbonyl (C=O) groups excluding carboxylic acids is 1. The van der Waals surface area contributed by atoms with Crippen LogP contribution in [0.5, 0.6) is 0 Å². The minimum atomic E-state index is -0.853. The Labute approximate surface area is 135 Å². The third-order valence-corrected chi connectivity index (χ3v) is 3.77. The molecule has 0 radical (unpaired) electrons. The molecule has 1 N–H and O–H groups in total. The van der Waals surface area contributed by atoms with Crippen LogP contribution in [0.15, 0.2) is 12.2 Å². The molecule has 0 heterocycles. The van der Waals surface area contributed by atoms with Crippen LogP contribution in [-0.2, 0) is 14.6 Å². The van der Waals surface area contributed by atoms with E-state index in [1.165, 1.54) is 51.4 Å². The zero-order valence-corrected chi connectivity index (χ0v) is 14.4. The first-order valence-corrected chi connectivity index (χ1v) is 8.84. The van der Waals surface area contributed by atoms with E-state index in [2.05, 4.69) is 18.4 Å². The van der Waals surface area contributed by atoms with Crippen LogP contribution in [0.2, 0.25) is 0 Å². The van der Waals surface area contributed by atoms with E-state index >= 15 is 0 Å². The van der Waals surface area contributed by atoms with Crippen LogP contribution in [-0.4, -0.2) is 23.8 Å². The topological polar surface area (TPSA) is 55.8 Å². The van der Waals surface area contributed by atoms with Crippen molar-refractivity contribution < 1.29 is 19.7 Å². The highest BCUT2D eigenvalue weighted by Gasteiger charge is 2.16. The molecule has 4 heteroatoms. The first-order valence-electron chi connectivity index (χ1n) is 8.84. The summed E-state index contributed by atoms with van der Waals surface area (Å²) >= 11 is 0. The van der Waals surface area contributed by atoms with Crippen molar-refractivity contribution in [1.29, 1.82) is 0 Å². The molecule has 4 nitrogen and oxygen atoms in total. The van der Waals surface area contributed by atoms with Gasteiger partial charge in [0, 0.05) is 0 Å². The Balaban J connectivity index is 3.30. The van der Waals surface area contributed by atoms with Gasteiger partial charge in [-0.15, -0.1) is 0 Å². The molecule has 1 unspecified atom stereocenters. The van der Waals surface area contributed by atoms with Crippen molar-refractivity contribution in [2.45, 2.75) is 90.6 Å². The Morgan fingerprint density at radius 2 is 1.45 bits per heavy atom. The van der Waals surface area contributed by atoms with Crippen LogP contribution in [0.4, 0.5) is 0 Å². The highest BCUT2D eigenvalue weighted by molar-refractivity contribution is 5.88. The van der Waals surface area contributed by atoms with Crippen molar-refractivity contribution in [1.82, 2.24) is 0 Å². The zero-order chi connectivity index (χ0) is 16.6. The Hall–Kier alpha value is -0.870. The van der Waals surface area contributed by atoms with Crippen LogP contribution in [0, 0.1) is 0 Å². The van der Waals surface area contributed by atoms with Gasteiger partial charge < -0.3 is 5.11 Å². The van der Waals surface area contributed by atoms with E-state index < -0.39 is 12.1 Å². The van der Waals surface area contributed by atoms with E-state index in [0.29, 0.717) is 13.0 Å². The highest BCUT2D eigenvalue weighted by Crippen LogP contribution is 2.11. The molecule has 1 atom stereocenters. The van der Waals surface area contributed by atoms with E-state index in [1.54, 1.807) is 6.92 Å². The molecule has 0 aromatic rings. The fourth-order valence-electron chi connectivity index (χ4n) is 2.18. The van der Waals surface area contributed by atoms with Crippen LogP contribution in [0.25, 0.3) is 0 Å². The highest BCUT2D eigenvalue weighted by atomic mass is 17.2. The summed E-state index contributed by atoms with van der Waals surface area (Å²) in [4.78, 5) is 20.9. The van der Waals surface area contributed by atoms with Gasteiger partial charge in [-0.3, -0.25) is 4.89 Å². The maximum absolute atomic E-state index is 11.4. The lowest BCUT2D eigenvalue weighted by molar-refractivity contribution is -0.269. The third kappa shape index (κ3) is 11.8. The van der Waals surface area contributed by atoms with Crippen molar-refractivity contribution in [3.8, 4) is 0 Å². The Morgan fingerprint density at radius 1 is 0.955 bits per heavy atom. The van der Waals surface area contributed by atoms with Crippen LogP contribution < -0.4 is 0 Å². The summed E-state index contributed by atoms with van der Waals surface area (Å²) in [6.07, 6.45) is 12.1. The molecule has 0 aliphatic rings. The number of aliphatic hydroxyl groups is 1. The predicted octanol–water partition coefficient (Wildman–Crippen LogP) is 4.71. The average Bonchev–Trinajstić information content (AvgIpc) is 2.54. The number of aliphatic hydroxyl groups excluding tert-OH is 1. The molecule has 0 aromatic heterocycles. The molecular weight excluding hydrogens is 280 g/mol. The summed E-state index contributed by atoms with van der Waals surface area (Å²) in [5.74, 6) is -0.679. The molecule has 0 fully saturated rings. The second-order valence-electron chi connectivity index (χ2n) is 5.82. The monoisotopic (exact) mass is 314 g/mol. The number of hydrogen-bond donors (Lipinski definition) is 1. The van der Waals surface area contributed by atoms with Gasteiger partial charge in [0.25, 0.3) is 0 Å². The van der Waals surface area contributed by atoms with Crippen LogP contribution >= 0.6 is 0 Å². The largest absolute Gasteiger partial charge is 0.388 e. The molecule has 0 aliphatic heterocycles. The molecular formula is C18H34O4. The maximum atomic E-state index is 11.4. The van der Waals surface area contributed by atoms with E-state index in [4.69, 9.17) is 4.89 Å². The average molecular weight is 314 g/mol. The summed E-state index contributed by atoms with van der Waals surface area (Å²) in [5.41, 5.74) is 0.0468. The van der Waals surface area contributed by atoms with Crippen LogP contribution in [0.1, 0.15) is 84.5 Å². The minimum absolute atomic E-state index is 0.0468. The first kappa shape index (κ1) is 21.1. The quantitative estimate of drug-likeness (QED) is 0.206. The van der Waals surface area contributed by atoms with E-state index in [0.717, 1.165) is 12.8 Å². The Morgan fingerprint density at radius 3 is 1.95 bits per heavy atom. The van der Waals surface area contributed by atoms with Gasteiger partial charge >= 0.3 is 5.97 Å². The fourth-order valence-corrected chi connectivity index (χ4v) is 2.18. The van der Waals surface area contributed by atoms with Gasteiger partial charge in [-0.2, -0.15) is 4.89 Å². The van der Waals surface area contributed by atoms with Crippen molar-refractivity contribution in [3.05, 3.63) is 12.2 Å². The van der Waals surface area contributed by atoms with Gasteiger partial charge in [-0.25, -0.2) is 4.79 Å². The van der Waals surface area contributed by atoms with Gasteiger partial charge in [-0.05, 0) is 12.8 Å². The fraction of sp³-hybridized carbons (Fsp3) is 0.833. The summed E-state index contributed by atoms with van der Waals surface area (Å²) in [6.45, 7) is 7.91. The summed E-state index contributed by atoms with van der Waals surface area (Å²) < 4.78 is 0. The van der Waals surface area contributed by atoms with Gasteiger partial charge in [0.15, 0.2) is 0 Å². The molecule has 0 aliphatic carbocycles. The molecule has 0 aromatic carbocycles. The smallest absolute Gasteiger partial charge is 0.371 e.